The van der Waals surface area contributed by atoms with Gasteiger partial charge in [-0.25, -0.2) is 4.98 Å². The van der Waals surface area contributed by atoms with Crippen molar-refractivity contribution in [2.24, 2.45) is 0 Å². The molecule has 30 heavy (non-hydrogen) atoms. The van der Waals surface area contributed by atoms with Gasteiger partial charge in [0.15, 0.2) is 5.78 Å². The van der Waals surface area contributed by atoms with Gasteiger partial charge in [0.2, 0.25) is 0 Å². The summed E-state index contributed by atoms with van der Waals surface area (Å²) in [5.41, 5.74) is 5.80. The molecule has 0 aliphatic rings. The normalized spacial score (nSPS) is 11.2. The zero-order valence-electron chi connectivity index (χ0n) is 17.5. The molecular formula is C22H22N4O2S2. The quantitative estimate of drug-likeness (QED) is 0.292. The fraction of sp³-hybridized carbons (Fsp3) is 0.273. The van der Waals surface area contributed by atoms with Crippen molar-refractivity contribution in [3.05, 3.63) is 63.5 Å². The second kappa shape index (κ2) is 8.20. The minimum Gasteiger partial charge on any atom is -0.410 e. The Morgan fingerprint density at radius 1 is 1.13 bits per heavy atom. The summed E-state index contributed by atoms with van der Waals surface area (Å²) < 4.78 is 7.86. The second-order valence-corrected chi connectivity index (χ2v) is 9.32. The largest absolute Gasteiger partial charge is 0.410 e. The van der Waals surface area contributed by atoms with Crippen molar-refractivity contribution in [3.63, 3.8) is 0 Å². The molecule has 3 heterocycles. The van der Waals surface area contributed by atoms with Gasteiger partial charge in [-0.15, -0.1) is 21.5 Å². The molecule has 0 radical (unpaired) electrons. The minimum atomic E-state index is 0.0385. The van der Waals surface area contributed by atoms with Crippen LogP contribution in [0.25, 0.3) is 16.5 Å². The molecule has 4 aromatic rings. The lowest BCUT2D eigenvalue weighted by Crippen LogP contribution is -2.05. The third kappa shape index (κ3) is 3.97. The number of carbonyl (C=O) groups is 1. The van der Waals surface area contributed by atoms with Crippen LogP contribution >= 0.6 is 23.1 Å². The number of hydrogen-bond acceptors (Lipinski definition) is 7. The monoisotopic (exact) mass is 438 g/mol. The number of carbonyl (C=O) groups excluding carboxylic acids is 1. The molecule has 3 aromatic heterocycles. The lowest BCUT2D eigenvalue weighted by Gasteiger charge is -2.10. The molecule has 0 amide bonds. The van der Waals surface area contributed by atoms with Crippen molar-refractivity contribution >= 4 is 28.9 Å². The fourth-order valence-corrected chi connectivity index (χ4v) is 4.99. The van der Waals surface area contributed by atoms with Gasteiger partial charge >= 0.3 is 0 Å². The maximum atomic E-state index is 12.9. The van der Waals surface area contributed by atoms with E-state index in [2.05, 4.69) is 44.9 Å². The maximum Gasteiger partial charge on any atom is 0.277 e. The van der Waals surface area contributed by atoms with Crippen molar-refractivity contribution in [1.29, 1.82) is 0 Å². The Morgan fingerprint density at radius 3 is 2.63 bits per heavy atom. The lowest BCUT2D eigenvalue weighted by atomic mass is 10.2. The van der Waals surface area contributed by atoms with Gasteiger partial charge in [-0.2, -0.15) is 0 Å². The van der Waals surface area contributed by atoms with Gasteiger partial charge in [0.1, 0.15) is 4.88 Å². The number of nitrogens with zero attached hydrogens (tertiary/aromatic N) is 4. The van der Waals surface area contributed by atoms with E-state index >= 15 is 0 Å². The van der Waals surface area contributed by atoms with Gasteiger partial charge in [-0.1, -0.05) is 23.9 Å². The Labute approximate surface area is 183 Å². The summed E-state index contributed by atoms with van der Waals surface area (Å²) in [5, 5.41) is 9.53. The standard InChI is InChI=1S/C22H22N4O2S2/c1-12-7-6-8-17(9-12)26-13(2)10-18(15(26)4)19(27)11-29-22-25-24-21(28-22)20-14(3)23-16(5)30-20/h6-10H,11H2,1-5H3. The van der Waals surface area contributed by atoms with E-state index < -0.39 is 0 Å². The number of thiazole rings is 1. The summed E-state index contributed by atoms with van der Waals surface area (Å²) in [6.45, 7) is 9.92. The molecular weight excluding hydrogens is 416 g/mol. The second-order valence-electron chi connectivity index (χ2n) is 7.19. The Bertz CT molecular complexity index is 1240. The van der Waals surface area contributed by atoms with Crippen LogP contribution in [0.3, 0.4) is 0 Å². The van der Waals surface area contributed by atoms with Gasteiger partial charge in [0, 0.05) is 22.6 Å². The first-order valence-electron chi connectivity index (χ1n) is 9.53. The van der Waals surface area contributed by atoms with Gasteiger partial charge in [-0.05, 0) is 58.4 Å². The van der Waals surface area contributed by atoms with Crippen molar-refractivity contribution in [2.45, 2.75) is 39.8 Å². The van der Waals surface area contributed by atoms with Crippen LogP contribution in [0.5, 0.6) is 0 Å². The Balaban J connectivity index is 1.50. The third-order valence-corrected chi connectivity index (χ3v) is 6.70. The van der Waals surface area contributed by atoms with Gasteiger partial charge < -0.3 is 8.98 Å². The summed E-state index contributed by atoms with van der Waals surface area (Å²) in [6.07, 6.45) is 0. The molecule has 0 atom stereocenters. The SMILES string of the molecule is Cc1cccc(-n2c(C)cc(C(=O)CSc3nnc(-c4sc(C)nc4C)o3)c2C)c1. The summed E-state index contributed by atoms with van der Waals surface area (Å²) in [5.74, 6) is 0.725. The van der Waals surface area contributed by atoms with Crippen LogP contribution in [0.2, 0.25) is 0 Å². The molecule has 1 aromatic carbocycles. The van der Waals surface area contributed by atoms with E-state index in [0.717, 1.165) is 38.2 Å². The van der Waals surface area contributed by atoms with E-state index in [1.54, 1.807) is 0 Å². The van der Waals surface area contributed by atoms with Crippen molar-refractivity contribution in [3.8, 4) is 16.5 Å². The van der Waals surface area contributed by atoms with E-state index in [4.69, 9.17) is 4.42 Å². The average Bonchev–Trinajstić information content (AvgIpc) is 3.37. The molecule has 0 spiro atoms. The molecule has 0 saturated heterocycles. The Kier molecular flexibility index (Phi) is 5.62. The number of aromatic nitrogens is 4. The molecule has 154 valence electrons. The maximum absolute atomic E-state index is 12.9. The van der Waals surface area contributed by atoms with Crippen LogP contribution < -0.4 is 0 Å². The highest BCUT2D eigenvalue weighted by Crippen LogP contribution is 2.31. The average molecular weight is 439 g/mol. The number of thioether (sulfide) groups is 1. The number of ketones is 1. The molecule has 0 saturated carbocycles. The first kappa shape index (κ1) is 20.6. The number of benzene rings is 1. The predicted octanol–water partition coefficient (Wildman–Crippen LogP) is 5.50. The van der Waals surface area contributed by atoms with Crippen LogP contribution in [-0.4, -0.2) is 31.3 Å². The highest BCUT2D eigenvalue weighted by molar-refractivity contribution is 7.99. The fourth-order valence-electron chi connectivity index (χ4n) is 3.50. The van der Waals surface area contributed by atoms with Gasteiger partial charge in [0.05, 0.1) is 16.5 Å². The van der Waals surface area contributed by atoms with Crippen molar-refractivity contribution in [1.82, 2.24) is 19.7 Å². The summed E-state index contributed by atoms with van der Waals surface area (Å²) in [6, 6.07) is 10.2. The van der Waals surface area contributed by atoms with Gasteiger partial charge in [-0.3, -0.25) is 4.79 Å². The third-order valence-electron chi connectivity index (χ3n) is 4.82. The van der Waals surface area contributed by atoms with Crippen molar-refractivity contribution < 1.29 is 9.21 Å². The zero-order chi connectivity index (χ0) is 21.4. The number of aryl methyl sites for hydroxylation is 4. The van der Waals surface area contributed by atoms with Crippen molar-refractivity contribution in [2.75, 3.05) is 5.75 Å². The van der Waals surface area contributed by atoms with E-state index in [-0.39, 0.29) is 11.5 Å². The first-order valence-corrected chi connectivity index (χ1v) is 11.3. The molecule has 4 rings (SSSR count). The molecule has 0 bridgehead atoms. The highest BCUT2D eigenvalue weighted by Gasteiger charge is 2.19. The van der Waals surface area contributed by atoms with E-state index in [0.29, 0.717) is 11.1 Å². The molecule has 0 aliphatic heterocycles. The van der Waals surface area contributed by atoms with Crippen LogP contribution in [0.1, 0.15) is 38.0 Å². The molecule has 6 nitrogen and oxygen atoms in total. The van der Waals surface area contributed by atoms with E-state index in [1.165, 1.54) is 28.7 Å². The smallest absolute Gasteiger partial charge is 0.277 e. The topological polar surface area (TPSA) is 73.8 Å². The number of hydrogen-bond donors (Lipinski definition) is 0. The Morgan fingerprint density at radius 2 is 1.93 bits per heavy atom. The molecule has 8 heteroatoms. The molecule has 0 N–H and O–H groups in total. The molecule has 0 aliphatic carbocycles. The molecule has 0 fully saturated rings. The van der Waals surface area contributed by atoms with Crippen LogP contribution in [0.4, 0.5) is 0 Å². The number of Topliss-reactive ketones (excluding diaryl/α,β-unsaturated/α-hetero) is 1. The zero-order valence-corrected chi connectivity index (χ0v) is 19.1. The van der Waals surface area contributed by atoms with E-state index in [1.807, 2.05) is 39.8 Å². The van der Waals surface area contributed by atoms with E-state index in [9.17, 15) is 4.79 Å². The highest BCUT2D eigenvalue weighted by atomic mass is 32.2. The lowest BCUT2D eigenvalue weighted by molar-refractivity contribution is 0.102. The predicted molar refractivity (Wildman–Crippen MR) is 120 cm³/mol. The number of rotatable bonds is 6. The van der Waals surface area contributed by atoms with Crippen LogP contribution in [0, 0.1) is 34.6 Å². The first-order chi connectivity index (χ1) is 14.3. The molecule has 0 unspecified atom stereocenters. The van der Waals surface area contributed by atoms with Crippen LogP contribution in [0.15, 0.2) is 40.0 Å². The summed E-state index contributed by atoms with van der Waals surface area (Å²) in [4.78, 5) is 18.2. The van der Waals surface area contributed by atoms with Gasteiger partial charge in [0.25, 0.3) is 11.1 Å². The minimum absolute atomic E-state index is 0.0385. The summed E-state index contributed by atoms with van der Waals surface area (Å²) >= 11 is 2.78. The Hall–Kier alpha value is -2.71. The summed E-state index contributed by atoms with van der Waals surface area (Å²) in [7, 11) is 0. The van der Waals surface area contributed by atoms with Crippen LogP contribution in [-0.2, 0) is 0 Å².